The fourth-order valence-electron chi connectivity index (χ4n) is 0.233. The van der Waals surface area contributed by atoms with Crippen molar-refractivity contribution in [2.75, 3.05) is 6.61 Å². The zero-order chi connectivity index (χ0) is 7.28. The Hall–Kier alpha value is -0.620. The predicted molar refractivity (Wildman–Crippen MR) is 38.2 cm³/mol. The molecule has 0 spiro atoms. The zero-order valence-electron chi connectivity index (χ0n) is 5.13. The molecule has 0 aromatic carbocycles. The number of ether oxygens (including phenoxy) is 1. The molecule has 1 atom stereocenters. The quantitative estimate of drug-likeness (QED) is 0.346. The summed E-state index contributed by atoms with van der Waals surface area (Å²) in [5.74, 6) is 1.80. The Morgan fingerprint density at radius 1 is 2.00 bits per heavy atom. The molecule has 9 heavy (non-hydrogen) atoms. The highest BCUT2D eigenvalue weighted by molar-refractivity contribution is 7.81. The molecule has 0 aromatic rings. The Morgan fingerprint density at radius 3 is 2.89 bits per heavy atom. The lowest BCUT2D eigenvalue weighted by Crippen LogP contribution is -2.14. The lowest BCUT2D eigenvalue weighted by molar-refractivity contribution is -0.141. The van der Waals surface area contributed by atoms with Crippen molar-refractivity contribution in [1.29, 1.82) is 0 Å². The van der Waals surface area contributed by atoms with E-state index in [1.165, 1.54) is 0 Å². The maximum atomic E-state index is 10.5. The summed E-state index contributed by atoms with van der Waals surface area (Å²) < 4.78 is 4.50. The van der Waals surface area contributed by atoms with E-state index in [4.69, 9.17) is 6.42 Å². The minimum atomic E-state index is -0.390. The summed E-state index contributed by atoms with van der Waals surface area (Å²) >= 11 is 3.82. The van der Waals surface area contributed by atoms with Crippen LogP contribution in [0.4, 0.5) is 0 Å². The van der Waals surface area contributed by atoms with E-state index in [0.29, 0.717) is 0 Å². The van der Waals surface area contributed by atoms with Gasteiger partial charge in [-0.05, 0) is 6.92 Å². The molecule has 3 heteroatoms. The van der Waals surface area contributed by atoms with Crippen molar-refractivity contribution < 1.29 is 9.53 Å². The number of carbonyl (C=O) groups is 1. The first-order valence-corrected chi connectivity index (χ1v) is 2.98. The van der Waals surface area contributed by atoms with E-state index < -0.39 is 5.25 Å². The van der Waals surface area contributed by atoms with Gasteiger partial charge in [-0.2, -0.15) is 12.6 Å². The van der Waals surface area contributed by atoms with E-state index in [2.05, 4.69) is 23.3 Å². The van der Waals surface area contributed by atoms with Crippen molar-refractivity contribution in [2.24, 2.45) is 0 Å². The minimum absolute atomic E-state index is 0.0315. The minimum Gasteiger partial charge on any atom is -0.452 e. The van der Waals surface area contributed by atoms with Gasteiger partial charge < -0.3 is 4.74 Å². The number of rotatable bonds is 2. The van der Waals surface area contributed by atoms with Gasteiger partial charge in [-0.15, -0.1) is 6.42 Å². The van der Waals surface area contributed by atoms with Gasteiger partial charge in [-0.1, -0.05) is 5.92 Å². The Kier molecular flexibility index (Phi) is 3.98. The molecule has 0 N–H and O–H groups in total. The fraction of sp³-hybridized carbons (Fsp3) is 0.500. The van der Waals surface area contributed by atoms with Crippen molar-refractivity contribution in [1.82, 2.24) is 0 Å². The fourth-order valence-corrected chi connectivity index (χ4v) is 0.308. The molecule has 0 bridgehead atoms. The van der Waals surface area contributed by atoms with E-state index in [-0.39, 0.29) is 12.6 Å². The van der Waals surface area contributed by atoms with Crippen LogP contribution in [0, 0.1) is 12.3 Å². The van der Waals surface area contributed by atoms with E-state index in [9.17, 15) is 4.79 Å². The molecule has 0 amide bonds. The molecular formula is C6H8O2S. The molecule has 0 saturated heterocycles. The van der Waals surface area contributed by atoms with Gasteiger partial charge in [0.15, 0.2) is 6.61 Å². The molecular weight excluding hydrogens is 136 g/mol. The molecule has 0 heterocycles. The lowest BCUT2D eigenvalue weighted by Gasteiger charge is -2.00. The molecule has 0 aromatic heterocycles. The van der Waals surface area contributed by atoms with E-state index in [1.54, 1.807) is 6.92 Å². The number of carbonyl (C=O) groups excluding carboxylic acids is 1. The molecule has 1 unspecified atom stereocenters. The monoisotopic (exact) mass is 144 g/mol. The summed E-state index contributed by atoms with van der Waals surface area (Å²) in [5, 5.41) is -0.390. The molecule has 50 valence electrons. The maximum absolute atomic E-state index is 10.5. The molecule has 0 aliphatic rings. The van der Waals surface area contributed by atoms with Crippen molar-refractivity contribution in [3.63, 3.8) is 0 Å². The lowest BCUT2D eigenvalue weighted by atomic mass is 10.5. The second kappa shape index (κ2) is 4.28. The molecule has 2 nitrogen and oxygen atoms in total. The topological polar surface area (TPSA) is 26.3 Å². The van der Waals surface area contributed by atoms with Gasteiger partial charge >= 0.3 is 5.97 Å². The average Bonchev–Trinajstić information content (AvgIpc) is 1.82. The number of terminal acetylenes is 1. The second-order valence-electron chi connectivity index (χ2n) is 1.49. The third-order valence-electron chi connectivity index (χ3n) is 0.639. The van der Waals surface area contributed by atoms with Crippen LogP contribution in [-0.4, -0.2) is 17.8 Å². The van der Waals surface area contributed by atoms with Gasteiger partial charge in [0, 0.05) is 0 Å². The van der Waals surface area contributed by atoms with Crippen LogP contribution in [0.2, 0.25) is 0 Å². The molecule has 0 fully saturated rings. The van der Waals surface area contributed by atoms with E-state index >= 15 is 0 Å². The van der Waals surface area contributed by atoms with Gasteiger partial charge in [0.25, 0.3) is 0 Å². The van der Waals surface area contributed by atoms with Crippen molar-refractivity contribution >= 4 is 18.6 Å². The summed E-state index contributed by atoms with van der Waals surface area (Å²) in [7, 11) is 0. The maximum Gasteiger partial charge on any atom is 0.319 e. The molecule has 0 rings (SSSR count). The van der Waals surface area contributed by atoms with Crippen molar-refractivity contribution in [3.05, 3.63) is 0 Å². The van der Waals surface area contributed by atoms with Crippen LogP contribution in [0.25, 0.3) is 0 Å². The van der Waals surface area contributed by atoms with Crippen molar-refractivity contribution in [2.45, 2.75) is 12.2 Å². The van der Waals surface area contributed by atoms with Gasteiger partial charge in [-0.25, -0.2) is 0 Å². The van der Waals surface area contributed by atoms with Gasteiger partial charge in [-0.3, -0.25) is 4.79 Å². The first kappa shape index (κ1) is 8.38. The largest absolute Gasteiger partial charge is 0.452 e. The zero-order valence-corrected chi connectivity index (χ0v) is 6.02. The normalized spacial score (nSPS) is 11.7. The smallest absolute Gasteiger partial charge is 0.319 e. The highest BCUT2D eigenvalue weighted by Crippen LogP contribution is 1.94. The second-order valence-corrected chi connectivity index (χ2v) is 2.26. The summed E-state index contributed by atoms with van der Waals surface area (Å²) in [6.07, 6.45) is 4.82. The van der Waals surface area contributed by atoms with Gasteiger partial charge in [0.1, 0.15) is 0 Å². The van der Waals surface area contributed by atoms with Crippen LogP contribution in [-0.2, 0) is 9.53 Å². The standard InChI is InChI=1S/C6H8O2S/c1-3-4-8-6(7)5(2)9/h1,5,9H,4H2,2H3. The predicted octanol–water partition coefficient (Wildman–Crippen LogP) is 0.481. The van der Waals surface area contributed by atoms with Crippen LogP contribution in [0.3, 0.4) is 0 Å². The Bertz CT molecular complexity index is 134. The average molecular weight is 144 g/mol. The number of esters is 1. The number of hydrogen-bond donors (Lipinski definition) is 1. The molecule has 0 saturated carbocycles. The van der Waals surface area contributed by atoms with E-state index in [0.717, 1.165) is 0 Å². The van der Waals surface area contributed by atoms with Crippen LogP contribution >= 0.6 is 12.6 Å². The first-order chi connectivity index (χ1) is 4.18. The van der Waals surface area contributed by atoms with Crippen molar-refractivity contribution in [3.8, 4) is 12.3 Å². The summed E-state index contributed by atoms with van der Waals surface area (Å²) in [4.78, 5) is 10.5. The van der Waals surface area contributed by atoms with Crippen LogP contribution in [0.5, 0.6) is 0 Å². The SMILES string of the molecule is C#CCOC(=O)C(C)S. The molecule has 0 aliphatic heterocycles. The molecule has 0 radical (unpaired) electrons. The van der Waals surface area contributed by atoms with Crippen LogP contribution in [0.15, 0.2) is 0 Å². The highest BCUT2D eigenvalue weighted by atomic mass is 32.1. The number of hydrogen-bond acceptors (Lipinski definition) is 3. The first-order valence-electron chi connectivity index (χ1n) is 2.46. The summed E-state index contributed by atoms with van der Waals surface area (Å²) in [6, 6.07) is 0. The van der Waals surface area contributed by atoms with Gasteiger partial charge in [0.2, 0.25) is 0 Å². The Balaban J connectivity index is 3.42. The Labute approximate surface area is 60.0 Å². The summed E-state index contributed by atoms with van der Waals surface area (Å²) in [6.45, 7) is 1.66. The summed E-state index contributed by atoms with van der Waals surface area (Å²) in [5.41, 5.74) is 0. The van der Waals surface area contributed by atoms with Crippen LogP contribution < -0.4 is 0 Å². The van der Waals surface area contributed by atoms with Gasteiger partial charge in [0.05, 0.1) is 5.25 Å². The molecule has 0 aliphatic carbocycles. The number of thiol groups is 1. The van der Waals surface area contributed by atoms with E-state index in [1.807, 2.05) is 0 Å². The Morgan fingerprint density at radius 2 is 2.56 bits per heavy atom. The third kappa shape index (κ3) is 3.92. The highest BCUT2D eigenvalue weighted by Gasteiger charge is 2.06. The van der Waals surface area contributed by atoms with Crippen LogP contribution in [0.1, 0.15) is 6.92 Å². The third-order valence-corrected chi connectivity index (χ3v) is 0.850.